The summed E-state index contributed by atoms with van der Waals surface area (Å²) in [6.07, 6.45) is 0. The van der Waals surface area contributed by atoms with E-state index in [1.165, 1.54) is 25.9 Å². The van der Waals surface area contributed by atoms with Gasteiger partial charge in [-0.2, -0.15) is 0 Å². The third-order valence-electron chi connectivity index (χ3n) is 3.23. The zero-order valence-electron chi connectivity index (χ0n) is 12.5. The molecule has 2 rings (SSSR count). The van der Waals surface area contributed by atoms with Crippen LogP contribution in [0.4, 0.5) is 0 Å². The Labute approximate surface area is 130 Å². The second kappa shape index (κ2) is 7.21. The average Bonchev–Trinajstić information content (AvgIpc) is 2.61. The van der Waals surface area contributed by atoms with Crippen LogP contribution < -0.4 is 10.6 Å². The molecule has 0 heterocycles. The SMILES string of the molecule is COP(=O)(C=CP(=O)(OC)c1ccccc1)c1ccccc1. The van der Waals surface area contributed by atoms with Gasteiger partial charge in [-0.3, -0.25) is 9.13 Å². The van der Waals surface area contributed by atoms with Gasteiger partial charge in [0.2, 0.25) is 0 Å². The van der Waals surface area contributed by atoms with E-state index in [-0.39, 0.29) is 0 Å². The second-order valence-electron chi connectivity index (χ2n) is 4.53. The summed E-state index contributed by atoms with van der Waals surface area (Å²) in [5.41, 5.74) is 0. The summed E-state index contributed by atoms with van der Waals surface area (Å²) in [6, 6.07) is 17.6. The van der Waals surface area contributed by atoms with Gasteiger partial charge < -0.3 is 9.05 Å². The lowest BCUT2D eigenvalue weighted by molar-refractivity contribution is 0.408. The molecule has 116 valence electrons. The van der Waals surface area contributed by atoms with Crippen LogP contribution in [0.25, 0.3) is 0 Å². The molecule has 0 aliphatic rings. The smallest absolute Gasteiger partial charge is 0.254 e. The lowest BCUT2D eigenvalue weighted by Gasteiger charge is -2.15. The molecule has 2 aromatic carbocycles. The maximum Gasteiger partial charge on any atom is 0.254 e. The van der Waals surface area contributed by atoms with Crippen molar-refractivity contribution >= 4 is 25.3 Å². The van der Waals surface area contributed by atoms with Crippen LogP contribution in [0.1, 0.15) is 0 Å². The van der Waals surface area contributed by atoms with Crippen LogP contribution in [-0.2, 0) is 18.2 Å². The van der Waals surface area contributed by atoms with E-state index in [9.17, 15) is 9.13 Å². The van der Waals surface area contributed by atoms with E-state index < -0.39 is 14.7 Å². The molecule has 2 atom stereocenters. The molecule has 0 amide bonds. The molecule has 2 aromatic rings. The predicted molar refractivity (Wildman–Crippen MR) is 90.5 cm³/mol. The van der Waals surface area contributed by atoms with Crippen LogP contribution in [-0.4, -0.2) is 14.2 Å². The minimum absolute atomic E-state index is 0.546. The minimum atomic E-state index is -3.22. The van der Waals surface area contributed by atoms with Crippen molar-refractivity contribution in [2.24, 2.45) is 0 Å². The number of rotatable bonds is 6. The van der Waals surface area contributed by atoms with Gasteiger partial charge in [0.15, 0.2) is 0 Å². The highest BCUT2D eigenvalue weighted by Crippen LogP contribution is 2.53. The Morgan fingerprint density at radius 3 is 1.27 bits per heavy atom. The van der Waals surface area contributed by atoms with E-state index in [2.05, 4.69) is 0 Å². The third kappa shape index (κ3) is 3.66. The van der Waals surface area contributed by atoms with Crippen molar-refractivity contribution in [2.45, 2.75) is 0 Å². The summed E-state index contributed by atoms with van der Waals surface area (Å²) in [6.45, 7) is 0. The first-order valence-electron chi connectivity index (χ1n) is 6.67. The maximum absolute atomic E-state index is 12.9. The molecule has 0 saturated carbocycles. The summed E-state index contributed by atoms with van der Waals surface area (Å²) < 4.78 is 36.2. The van der Waals surface area contributed by atoms with E-state index >= 15 is 0 Å². The monoisotopic (exact) mass is 336 g/mol. The zero-order chi connectivity index (χ0) is 16.1. The van der Waals surface area contributed by atoms with E-state index in [1.807, 2.05) is 12.1 Å². The quantitative estimate of drug-likeness (QED) is 0.750. The standard InChI is InChI=1S/C16H18O4P2/c1-19-21(17,15-9-5-3-6-10-15)13-14-22(18,20-2)16-11-7-4-8-12-16/h3-14H,1-2H3. The Kier molecular flexibility index (Phi) is 5.55. The average molecular weight is 336 g/mol. The molecule has 0 radical (unpaired) electrons. The Hall–Kier alpha value is -1.44. The highest BCUT2D eigenvalue weighted by atomic mass is 31.2. The van der Waals surface area contributed by atoms with Gasteiger partial charge in [-0.25, -0.2) is 0 Å². The first kappa shape index (κ1) is 16.9. The number of hydrogen-bond acceptors (Lipinski definition) is 4. The van der Waals surface area contributed by atoms with Gasteiger partial charge in [-0.15, -0.1) is 0 Å². The van der Waals surface area contributed by atoms with Crippen molar-refractivity contribution in [2.75, 3.05) is 14.2 Å². The molecule has 6 heteroatoms. The highest BCUT2D eigenvalue weighted by Gasteiger charge is 2.26. The Balaban J connectivity index is 2.40. The fourth-order valence-electron chi connectivity index (χ4n) is 1.95. The fraction of sp³-hybridized carbons (Fsp3) is 0.125. The largest absolute Gasteiger partial charge is 0.326 e. The normalized spacial score (nSPS) is 17.0. The summed E-state index contributed by atoms with van der Waals surface area (Å²) in [4.78, 5) is 0. The lowest BCUT2D eigenvalue weighted by atomic mass is 10.4. The van der Waals surface area contributed by atoms with Gasteiger partial charge in [0.05, 0.1) is 0 Å². The van der Waals surface area contributed by atoms with Crippen LogP contribution >= 0.6 is 14.7 Å². The van der Waals surface area contributed by atoms with E-state index in [0.29, 0.717) is 10.6 Å². The zero-order valence-corrected chi connectivity index (χ0v) is 14.2. The molecule has 0 fully saturated rings. The van der Waals surface area contributed by atoms with Gasteiger partial charge in [0.25, 0.3) is 14.7 Å². The predicted octanol–water partition coefficient (Wildman–Crippen LogP) is 3.96. The number of benzene rings is 2. The molecule has 0 N–H and O–H groups in total. The minimum Gasteiger partial charge on any atom is -0.326 e. The summed E-state index contributed by atoms with van der Waals surface area (Å²) in [5, 5.41) is 1.09. The van der Waals surface area contributed by atoms with Crippen molar-refractivity contribution < 1.29 is 18.2 Å². The van der Waals surface area contributed by atoms with Crippen molar-refractivity contribution in [3.05, 3.63) is 72.3 Å². The molecule has 4 nitrogen and oxygen atoms in total. The molecular formula is C16H18O4P2. The molecule has 22 heavy (non-hydrogen) atoms. The molecule has 2 unspecified atom stereocenters. The van der Waals surface area contributed by atoms with Crippen molar-refractivity contribution in [1.29, 1.82) is 0 Å². The van der Waals surface area contributed by atoms with Crippen molar-refractivity contribution in [3.8, 4) is 0 Å². The third-order valence-corrected chi connectivity index (χ3v) is 7.67. The topological polar surface area (TPSA) is 52.6 Å². The van der Waals surface area contributed by atoms with Crippen LogP contribution in [0.3, 0.4) is 0 Å². The summed E-state index contributed by atoms with van der Waals surface area (Å²) in [7, 11) is -3.68. The van der Waals surface area contributed by atoms with Gasteiger partial charge >= 0.3 is 0 Å². The Morgan fingerprint density at radius 2 is 1.00 bits per heavy atom. The van der Waals surface area contributed by atoms with Crippen LogP contribution in [0.2, 0.25) is 0 Å². The first-order chi connectivity index (χ1) is 10.5. The maximum atomic E-state index is 12.9. The van der Waals surface area contributed by atoms with Crippen LogP contribution in [0.5, 0.6) is 0 Å². The van der Waals surface area contributed by atoms with Crippen molar-refractivity contribution in [3.63, 3.8) is 0 Å². The summed E-state index contributed by atoms with van der Waals surface area (Å²) in [5.74, 6) is 2.72. The van der Waals surface area contributed by atoms with E-state index in [1.54, 1.807) is 48.5 Å². The first-order valence-corrected chi connectivity index (χ1v) is 10.1. The second-order valence-corrected chi connectivity index (χ2v) is 9.28. The molecule has 0 saturated heterocycles. The molecule has 0 spiro atoms. The highest BCUT2D eigenvalue weighted by molar-refractivity contribution is 7.73. The Bertz CT molecular complexity index is 663. The van der Waals surface area contributed by atoms with Crippen LogP contribution in [0, 0.1) is 0 Å². The van der Waals surface area contributed by atoms with Crippen molar-refractivity contribution in [1.82, 2.24) is 0 Å². The van der Waals surface area contributed by atoms with Crippen LogP contribution in [0.15, 0.2) is 72.3 Å². The summed E-state index contributed by atoms with van der Waals surface area (Å²) >= 11 is 0. The van der Waals surface area contributed by atoms with Gasteiger partial charge in [-0.05, 0) is 24.3 Å². The number of hydrogen-bond donors (Lipinski definition) is 0. The van der Waals surface area contributed by atoms with Gasteiger partial charge in [0.1, 0.15) is 0 Å². The molecular weight excluding hydrogens is 318 g/mol. The Morgan fingerprint density at radius 1 is 0.682 bits per heavy atom. The molecule has 0 aliphatic carbocycles. The van der Waals surface area contributed by atoms with E-state index in [0.717, 1.165) is 0 Å². The molecule has 0 aromatic heterocycles. The lowest BCUT2D eigenvalue weighted by Crippen LogP contribution is -2.05. The molecule has 0 aliphatic heterocycles. The van der Waals surface area contributed by atoms with E-state index in [4.69, 9.17) is 9.05 Å². The molecule has 0 bridgehead atoms. The van der Waals surface area contributed by atoms with Gasteiger partial charge in [-0.1, -0.05) is 36.4 Å². The fourth-order valence-corrected chi connectivity index (χ4v) is 5.54. The van der Waals surface area contributed by atoms with Gasteiger partial charge in [0, 0.05) is 36.5 Å².